The van der Waals surface area contributed by atoms with Crippen LogP contribution in [0.2, 0.25) is 5.02 Å². The molecule has 0 bridgehead atoms. The van der Waals surface area contributed by atoms with Gasteiger partial charge in [0, 0.05) is 29.2 Å². The van der Waals surface area contributed by atoms with Gasteiger partial charge in [0.05, 0.1) is 13.2 Å². The number of hydrogen-bond donors (Lipinski definition) is 0. The molecule has 28 heavy (non-hydrogen) atoms. The van der Waals surface area contributed by atoms with E-state index in [4.69, 9.17) is 25.6 Å². The van der Waals surface area contributed by atoms with E-state index in [-0.39, 0.29) is 12.5 Å². The number of halogens is 1. The standard InChI is InChI=1S/C20H18ClN3O4/c21-16-4-6-17(7-5-16)27-13-18-22-19(23-28-18)14-2-1-3-15(12-14)20(25)24-8-10-26-11-9-24/h1-7,12H,8-11,13H2. The maximum absolute atomic E-state index is 12.6. The van der Waals surface area contributed by atoms with Gasteiger partial charge in [-0.2, -0.15) is 4.98 Å². The van der Waals surface area contributed by atoms with Gasteiger partial charge in [-0.15, -0.1) is 0 Å². The Morgan fingerprint density at radius 1 is 1.14 bits per heavy atom. The molecule has 0 N–H and O–H groups in total. The molecule has 2 heterocycles. The smallest absolute Gasteiger partial charge is 0.264 e. The van der Waals surface area contributed by atoms with Crippen LogP contribution in [0.5, 0.6) is 5.75 Å². The molecule has 0 spiro atoms. The van der Waals surface area contributed by atoms with E-state index in [1.165, 1.54) is 0 Å². The molecule has 2 aromatic carbocycles. The average molecular weight is 400 g/mol. The van der Waals surface area contributed by atoms with E-state index in [0.717, 1.165) is 0 Å². The van der Waals surface area contributed by atoms with Gasteiger partial charge in [-0.3, -0.25) is 4.79 Å². The summed E-state index contributed by atoms with van der Waals surface area (Å²) in [5.74, 6) is 1.38. The number of amides is 1. The van der Waals surface area contributed by atoms with Crippen molar-refractivity contribution in [3.05, 3.63) is 65.0 Å². The third-order valence-corrected chi connectivity index (χ3v) is 4.56. The number of morpholine rings is 1. The van der Waals surface area contributed by atoms with Gasteiger partial charge in [-0.05, 0) is 36.4 Å². The summed E-state index contributed by atoms with van der Waals surface area (Å²) >= 11 is 5.85. The molecule has 0 radical (unpaired) electrons. The average Bonchev–Trinajstić information content (AvgIpc) is 3.23. The molecule has 1 amide bonds. The van der Waals surface area contributed by atoms with Crippen molar-refractivity contribution >= 4 is 17.5 Å². The lowest BCUT2D eigenvalue weighted by molar-refractivity contribution is 0.0303. The molecule has 3 aromatic rings. The van der Waals surface area contributed by atoms with Crippen molar-refractivity contribution in [2.24, 2.45) is 0 Å². The van der Waals surface area contributed by atoms with Crippen molar-refractivity contribution < 1.29 is 18.8 Å². The van der Waals surface area contributed by atoms with Crippen LogP contribution in [0, 0.1) is 0 Å². The third-order valence-electron chi connectivity index (χ3n) is 4.31. The van der Waals surface area contributed by atoms with Gasteiger partial charge in [0.25, 0.3) is 11.8 Å². The van der Waals surface area contributed by atoms with Crippen molar-refractivity contribution in [3.8, 4) is 17.1 Å². The number of ether oxygens (including phenoxy) is 2. The second kappa shape index (κ2) is 8.41. The van der Waals surface area contributed by atoms with Crippen molar-refractivity contribution in [2.75, 3.05) is 26.3 Å². The van der Waals surface area contributed by atoms with Crippen LogP contribution in [0.25, 0.3) is 11.4 Å². The monoisotopic (exact) mass is 399 g/mol. The number of rotatable bonds is 5. The molecule has 0 unspecified atom stereocenters. The molecule has 1 aromatic heterocycles. The molecule has 1 aliphatic rings. The maximum atomic E-state index is 12.6. The van der Waals surface area contributed by atoms with Gasteiger partial charge >= 0.3 is 0 Å². The summed E-state index contributed by atoms with van der Waals surface area (Å²) in [6.45, 7) is 2.45. The molecular weight excluding hydrogens is 382 g/mol. The second-order valence-corrected chi connectivity index (χ2v) is 6.68. The Morgan fingerprint density at radius 3 is 2.71 bits per heavy atom. The van der Waals surface area contributed by atoms with Gasteiger partial charge in [0.2, 0.25) is 5.82 Å². The fourth-order valence-electron chi connectivity index (χ4n) is 2.85. The number of benzene rings is 2. The largest absolute Gasteiger partial charge is 0.484 e. The quantitative estimate of drug-likeness (QED) is 0.654. The Balaban J connectivity index is 1.44. The minimum atomic E-state index is -0.0278. The lowest BCUT2D eigenvalue weighted by Gasteiger charge is -2.26. The zero-order chi connectivity index (χ0) is 19.3. The van der Waals surface area contributed by atoms with E-state index in [1.807, 2.05) is 12.1 Å². The first kappa shape index (κ1) is 18.5. The Morgan fingerprint density at radius 2 is 1.93 bits per heavy atom. The Hall–Kier alpha value is -2.90. The number of hydrogen-bond acceptors (Lipinski definition) is 6. The topological polar surface area (TPSA) is 77.7 Å². The van der Waals surface area contributed by atoms with Gasteiger partial charge < -0.3 is 18.9 Å². The van der Waals surface area contributed by atoms with E-state index in [9.17, 15) is 4.79 Å². The van der Waals surface area contributed by atoms with Crippen molar-refractivity contribution in [3.63, 3.8) is 0 Å². The summed E-state index contributed by atoms with van der Waals surface area (Å²) in [6, 6.07) is 14.2. The van der Waals surface area contributed by atoms with Crippen LogP contribution in [0.1, 0.15) is 16.2 Å². The van der Waals surface area contributed by atoms with Gasteiger partial charge in [-0.1, -0.05) is 28.9 Å². The molecule has 4 rings (SSSR count). The molecule has 1 aliphatic heterocycles. The highest BCUT2D eigenvalue weighted by Crippen LogP contribution is 2.20. The van der Waals surface area contributed by atoms with E-state index in [0.29, 0.717) is 59.9 Å². The van der Waals surface area contributed by atoms with E-state index >= 15 is 0 Å². The predicted molar refractivity (Wildman–Crippen MR) is 102 cm³/mol. The summed E-state index contributed by atoms with van der Waals surface area (Å²) in [5, 5.41) is 4.63. The van der Waals surface area contributed by atoms with Crippen LogP contribution < -0.4 is 4.74 Å². The molecule has 0 saturated carbocycles. The first-order valence-electron chi connectivity index (χ1n) is 8.87. The van der Waals surface area contributed by atoms with Crippen molar-refractivity contribution in [1.29, 1.82) is 0 Å². The Bertz CT molecular complexity index is 952. The normalized spacial score (nSPS) is 14.1. The first-order valence-corrected chi connectivity index (χ1v) is 9.25. The minimum Gasteiger partial charge on any atom is -0.484 e. The van der Waals surface area contributed by atoms with E-state index in [2.05, 4.69) is 10.1 Å². The number of carbonyl (C=O) groups is 1. The van der Waals surface area contributed by atoms with Crippen LogP contribution in [0.15, 0.2) is 53.1 Å². The number of nitrogens with zero attached hydrogens (tertiary/aromatic N) is 3. The highest BCUT2D eigenvalue weighted by molar-refractivity contribution is 6.30. The molecule has 7 nitrogen and oxygen atoms in total. The molecule has 144 valence electrons. The summed E-state index contributed by atoms with van der Waals surface area (Å²) in [6.07, 6.45) is 0. The fraction of sp³-hybridized carbons (Fsp3) is 0.250. The highest BCUT2D eigenvalue weighted by Gasteiger charge is 2.19. The van der Waals surface area contributed by atoms with Gasteiger partial charge in [0.1, 0.15) is 5.75 Å². The zero-order valence-electron chi connectivity index (χ0n) is 15.0. The third kappa shape index (κ3) is 4.32. The van der Waals surface area contributed by atoms with E-state index in [1.54, 1.807) is 41.3 Å². The minimum absolute atomic E-state index is 0.0278. The first-order chi connectivity index (χ1) is 13.7. The molecule has 1 saturated heterocycles. The fourth-order valence-corrected chi connectivity index (χ4v) is 2.97. The van der Waals surface area contributed by atoms with Crippen LogP contribution in [-0.4, -0.2) is 47.3 Å². The van der Waals surface area contributed by atoms with E-state index < -0.39 is 0 Å². The van der Waals surface area contributed by atoms with Crippen LogP contribution in [-0.2, 0) is 11.3 Å². The Kier molecular flexibility index (Phi) is 5.55. The molecule has 8 heteroatoms. The lowest BCUT2D eigenvalue weighted by atomic mass is 10.1. The molecule has 1 fully saturated rings. The summed E-state index contributed by atoms with van der Waals surface area (Å²) in [4.78, 5) is 18.8. The van der Waals surface area contributed by atoms with Gasteiger partial charge in [0.15, 0.2) is 6.61 Å². The molecule has 0 aliphatic carbocycles. The summed E-state index contributed by atoms with van der Waals surface area (Å²) < 4.78 is 16.2. The lowest BCUT2D eigenvalue weighted by Crippen LogP contribution is -2.40. The predicted octanol–water partition coefficient (Wildman–Crippen LogP) is 3.44. The molecular formula is C20H18ClN3O4. The van der Waals surface area contributed by atoms with Crippen LogP contribution >= 0.6 is 11.6 Å². The number of carbonyl (C=O) groups excluding carboxylic acids is 1. The van der Waals surface area contributed by atoms with Crippen LogP contribution in [0.4, 0.5) is 0 Å². The summed E-state index contributed by atoms with van der Waals surface area (Å²) in [7, 11) is 0. The van der Waals surface area contributed by atoms with Crippen molar-refractivity contribution in [2.45, 2.75) is 6.61 Å². The van der Waals surface area contributed by atoms with Gasteiger partial charge in [-0.25, -0.2) is 0 Å². The zero-order valence-corrected chi connectivity index (χ0v) is 15.8. The second-order valence-electron chi connectivity index (χ2n) is 6.24. The SMILES string of the molecule is O=C(c1cccc(-c2noc(COc3ccc(Cl)cc3)n2)c1)N1CCOCC1. The number of aromatic nitrogens is 2. The Labute approximate surface area is 166 Å². The van der Waals surface area contributed by atoms with Crippen LogP contribution in [0.3, 0.4) is 0 Å². The molecule has 0 atom stereocenters. The van der Waals surface area contributed by atoms with Crippen molar-refractivity contribution in [1.82, 2.24) is 15.0 Å². The highest BCUT2D eigenvalue weighted by atomic mass is 35.5. The maximum Gasteiger partial charge on any atom is 0.264 e. The summed E-state index contributed by atoms with van der Waals surface area (Å²) in [5.41, 5.74) is 1.30.